The van der Waals surface area contributed by atoms with E-state index in [9.17, 15) is 4.79 Å². The van der Waals surface area contributed by atoms with E-state index in [0.717, 1.165) is 37.2 Å². The van der Waals surface area contributed by atoms with Gasteiger partial charge in [0.05, 0.1) is 20.1 Å². The summed E-state index contributed by atoms with van der Waals surface area (Å²) in [6.07, 6.45) is 2.43. The van der Waals surface area contributed by atoms with Crippen molar-refractivity contribution in [3.8, 4) is 5.75 Å². The zero-order chi connectivity index (χ0) is 15.8. The maximum atomic E-state index is 12.2. The predicted molar refractivity (Wildman–Crippen MR) is 93.4 cm³/mol. The molecule has 130 valence electrons. The SMILES string of the molecule is COCC1(CNC(=O)Cc2cccc(OC)c2)CCNCC1.Cl. The average molecular weight is 343 g/mol. The van der Waals surface area contributed by atoms with Gasteiger partial charge in [0.1, 0.15) is 5.75 Å². The lowest BCUT2D eigenvalue weighted by Gasteiger charge is -2.37. The molecule has 0 unspecified atom stereocenters. The standard InChI is InChI=1S/C17H26N2O3.ClH/c1-21-13-17(6-8-18-9-7-17)12-19-16(20)11-14-4-3-5-15(10-14)22-2;/h3-5,10,18H,6-9,11-13H2,1-2H3,(H,19,20);1H. The lowest BCUT2D eigenvalue weighted by atomic mass is 9.79. The van der Waals surface area contributed by atoms with Crippen LogP contribution in [0.4, 0.5) is 0 Å². The molecular weight excluding hydrogens is 316 g/mol. The van der Waals surface area contributed by atoms with Gasteiger partial charge in [-0.3, -0.25) is 4.79 Å². The molecule has 0 atom stereocenters. The molecule has 0 radical (unpaired) electrons. The number of rotatable bonds is 7. The van der Waals surface area contributed by atoms with Crippen LogP contribution in [-0.4, -0.2) is 46.4 Å². The fourth-order valence-electron chi connectivity index (χ4n) is 2.95. The molecule has 23 heavy (non-hydrogen) atoms. The zero-order valence-electron chi connectivity index (χ0n) is 13.9. The second-order valence-electron chi connectivity index (χ2n) is 5.99. The van der Waals surface area contributed by atoms with Crippen LogP contribution in [0.15, 0.2) is 24.3 Å². The summed E-state index contributed by atoms with van der Waals surface area (Å²) in [7, 11) is 3.35. The summed E-state index contributed by atoms with van der Waals surface area (Å²) in [4.78, 5) is 12.2. The number of carbonyl (C=O) groups excluding carboxylic acids is 1. The molecule has 0 bridgehead atoms. The van der Waals surface area contributed by atoms with Crippen molar-refractivity contribution in [2.75, 3.05) is 40.5 Å². The molecule has 0 saturated carbocycles. The minimum absolute atomic E-state index is 0. The van der Waals surface area contributed by atoms with Crippen LogP contribution in [0.5, 0.6) is 5.75 Å². The Hall–Kier alpha value is -1.30. The van der Waals surface area contributed by atoms with Crippen molar-refractivity contribution in [1.82, 2.24) is 10.6 Å². The fraction of sp³-hybridized carbons (Fsp3) is 0.588. The molecule has 1 aromatic rings. The Bertz CT molecular complexity index is 485. The zero-order valence-corrected chi connectivity index (χ0v) is 14.7. The molecule has 2 N–H and O–H groups in total. The van der Waals surface area contributed by atoms with E-state index in [2.05, 4.69) is 10.6 Å². The Kier molecular flexibility index (Phi) is 8.37. The van der Waals surface area contributed by atoms with Gasteiger partial charge in [-0.15, -0.1) is 12.4 Å². The first-order valence-electron chi connectivity index (χ1n) is 7.77. The molecule has 2 rings (SSSR count). The fourth-order valence-corrected chi connectivity index (χ4v) is 2.95. The van der Waals surface area contributed by atoms with Gasteiger partial charge in [-0.05, 0) is 43.6 Å². The number of carbonyl (C=O) groups is 1. The van der Waals surface area contributed by atoms with Crippen LogP contribution in [0, 0.1) is 5.41 Å². The van der Waals surface area contributed by atoms with Gasteiger partial charge in [-0.1, -0.05) is 12.1 Å². The number of hydrogen-bond acceptors (Lipinski definition) is 4. The Labute approximate surface area is 144 Å². The van der Waals surface area contributed by atoms with Crippen molar-refractivity contribution in [3.05, 3.63) is 29.8 Å². The quantitative estimate of drug-likeness (QED) is 0.793. The summed E-state index contributed by atoms with van der Waals surface area (Å²) in [5.41, 5.74) is 1.02. The number of amides is 1. The summed E-state index contributed by atoms with van der Waals surface area (Å²) < 4.78 is 10.6. The van der Waals surface area contributed by atoms with E-state index in [1.54, 1.807) is 14.2 Å². The maximum Gasteiger partial charge on any atom is 0.224 e. The predicted octanol–water partition coefficient (Wildman–Crippen LogP) is 1.79. The van der Waals surface area contributed by atoms with Crippen LogP contribution in [0.3, 0.4) is 0 Å². The normalized spacial score (nSPS) is 16.3. The van der Waals surface area contributed by atoms with Gasteiger partial charge in [0, 0.05) is 19.1 Å². The van der Waals surface area contributed by atoms with Gasteiger partial charge in [0.25, 0.3) is 0 Å². The lowest BCUT2D eigenvalue weighted by Crippen LogP contribution is -2.47. The number of halogens is 1. The van der Waals surface area contributed by atoms with E-state index >= 15 is 0 Å². The first kappa shape index (κ1) is 19.7. The number of ether oxygens (including phenoxy) is 2. The van der Waals surface area contributed by atoms with E-state index in [-0.39, 0.29) is 23.7 Å². The molecule has 1 heterocycles. The van der Waals surface area contributed by atoms with E-state index in [4.69, 9.17) is 9.47 Å². The number of nitrogens with one attached hydrogen (secondary N) is 2. The molecule has 1 fully saturated rings. The summed E-state index contributed by atoms with van der Waals surface area (Å²) >= 11 is 0. The van der Waals surface area contributed by atoms with Crippen molar-refractivity contribution in [2.45, 2.75) is 19.3 Å². The monoisotopic (exact) mass is 342 g/mol. The third-order valence-electron chi connectivity index (χ3n) is 4.27. The lowest BCUT2D eigenvalue weighted by molar-refractivity contribution is -0.121. The summed E-state index contributed by atoms with van der Waals surface area (Å²) in [6, 6.07) is 7.62. The highest BCUT2D eigenvalue weighted by Crippen LogP contribution is 2.28. The number of benzene rings is 1. The van der Waals surface area contributed by atoms with Gasteiger partial charge in [-0.25, -0.2) is 0 Å². The molecular formula is C17H27ClN2O3. The molecule has 1 aliphatic heterocycles. The van der Waals surface area contributed by atoms with Gasteiger partial charge in [-0.2, -0.15) is 0 Å². The van der Waals surface area contributed by atoms with Crippen molar-refractivity contribution in [3.63, 3.8) is 0 Å². The van der Waals surface area contributed by atoms with Crippen LogP contribution in [0.1, 0.15) is 18.4 Å². The third-order valence-corrected chi connectivity index (χ3v) is 4.27. The smallest absolute Gasteiger partial charge is 0.224 e. The van der Waals surface area contributed by atoms with Crippen LogP contribution in [-0.2, 0) is 16.0 Å². The minimum atomic E-state index is 0. The number of methoxy groups -OCH3 is 2. The Morgan fingerprint density at radius 1 is 1.30 bits per heavy atom. The van der Waals surface area contributed by atoms with E-state index in [1.807, 2.05) is 24.3 Å². The van der Waals surface area contributed by atoms with Crippen LogP contribution >= 0.6 is 12.4 Å². The third kappa shape index (κ3) is 6.01. The maximum absolute atomic E-state index is 12.2. The molecule has 1 amide bonds. The van der Waals surface area contributed by atoms with Crippen LogP contribution in [0.2, 0.25) is 0 Å². The molecule has 0 spiro atoms. The Morgan fingerprint density at radius 3 is 2.70 bits per heavy atom. The molecule has 5 nitrogen and oxygen atoms in total. The second kappa shape index (κ2) is 9.75. The summed E-state index contributed by atoms with van der Waals surface area (Å²) in [5.74, 6) is 0.821. The summed E-state index contributed by atoms with van der Waals surface area (Å²) in [6.45, 7) is 3.32. The molecule has 0 aromatic heterocycles. The van der Waals surface area contributed by atoms with E-state index in [0.29, 0.717) is 19.6 Å². The number of hydrogen-bond donors (Lipinski definition) is 2. The molecule has 6 heteroatoms. The van der Waals surface area contributed by atoms with Crippen molar-refractivity contribution in [2.24, 2.45) is 5.41 Å². The van der Waals surface area contributed by atoms with Gasteiger partial charge < -0.3 is 20.1 Å². The first-order chi connectivity index (χ1) is 10.7. The highest BCUT2D eigenvalue weighted by atomic mass is 35.5. The van der Waals surface area contributed by atoms with Crippen molar-refractivity contribution < 1.29 is 14.3 Å². The van der Waals surface area contributed by atoms with Gasteiger partial charge in [0.15, 0.2) is 0 Å². The number of piperidine rings is 1. The first-order valence-corrected chi connectivity index (χ1v) is 7.77. The minimum Gasteiger partial charge on any atom is -0.497 e. The van der Waals surface area contributed by atoms with Crippen LogP contribution < -0.4 is 15.4 Å². The highest BCUT2D eigenvalue weighted by molar-refractivity contribution is 5.85. The van der Waals surface area contributed by atoms with E-state index < -0.39 is 0 Å². The molecule has 1 aromatic carbocycles. The Balaban J connectivity index is 0.00000264. The largest absolute Gasteiger partial charge is 0.497 e. The van der Waals surface area contributed by atoms with Gasteiger partial charge >= 0.3 is 0 Å². The molecule has 0 aliphatic carbocycles. The molecule has 1 aliphatic rings. The topological polar surface area (TPSA) is 59.6 Å². The average Bonchev–Trinajstić information content (AvgIpc) is 2.54. The molecule has 1 saturated heterocycles. The van der Waals surface area contributed by atoms with Crippen molar-refractivity contribution in [1.29, 1.82) is 0 Å². The summed E-state index contributed by atoms with van der Waals surface area (Å²) in [5, 5.41) is 6.43. The van der Waals surface area contributed by atoms with Gasteiger partial charge in [0.2, 0.25) is 5.91 Å². The van der Waals surface area contributed by atoms with Crippen LogP contribution in [0.25, 0.3) is 0 Å². The van der Waals surface area contributed by atoms with E-state index in [1.165, 1.54) is 0 Å². The highest BCUT2D eigenvalue weighted by Gasteiger charge is 2.32. The Morgan fingerprint density at radius 2 is 2.04 bits per heavy atom. The van der Waals surface area contributed by atoms with Crippen molar-refractivity contribution >= 4 is 18.3 Å². The second-order valence-corrected chi connectivity index (χ2v) is 5.99.